The van der Waals surface area contributed by atoms with Crippen LogP contribution in [-0.2, 0) is 22.8 Å². The smallest absolute Gasteiger partial charge is 0.394 e. The molecule has 8 nitrogen and oxygen atoms in total. The fourth-order valence-corrected chi connectivity index (χ4v) is 6.20. The number of sulfone groups is 1. The van der Waals surface area contributed by atoms with Gasteiger partial charge in [0, 0.05) is 24.9 Å². The van der Waals surface area contributed by atoms with Crippen LogP contribution in [-0.4, -0.2) is 66.1 Å². The van der Waals surface area contributed by atoms with Crippen molar-refractivity contribution < 1.29 is 36.2 Å². The maximum Gasteiger partial charge on any atom is 0.394 e. The molecule has 1 saturated carbocycles. The van der Waals surface area contributed by atoms with E-state index in [2.05, 4.69) is 10.4 Å². The van der Waals surface area contributed by atoms with Gasteiger partial charge in [-0.1, -0.05) is 31.5 Å². The van der Waals surface area contributed by atoms with Gasteiger partial charge >= 0.3 is 6.18 Å². The van der Waals surface area contributed by atoms with E-state index in [1.165, 1.54) is 24.1 Å². The summed E-state index contributed by atoms with van der Waals surface area (Å²) < 4.78 is 70.8. The third-order valence-electron chi connectivity index (χ3n) is 7.39. The Morgan fingerprint density at radius 1 is 1.28 bits per heavy atom. The number of ether oxygens (including phenoxy) is 1. The van der Waals surface area contributed by atoms with Gasteiger partial charge in [0.2, 0.25) is 0 Å². The Morgan fingerprint density at radius 3 is 2.41 bits per heavy atom. The summed E-state index contributed by atoms with van der Waals surface area (Å²) in [7, 11) is -1.81. The monoisotopic (exact) mass is 593 g/mol. The number of aliphatic hydroxyl groups is 1. The van der Waals surface area contributed by atoms with Crippen LogP contribution in [0.1, 0.15) is 62.5 Å². The molecule has 0 unspecified atom stereocenters. The number of rotatable bonds is 9. The molecule has 0 atom stereocenters. The predicted molar refractivity (Wildman–Crippen MR) is 143 cm³/mol. The van der Waals surface area contributed by atoms with Crippen molar-refractivity contribution in [3.05, 3.63) is 34.5 Å². The van der Waals surface area contributed by atoms with E-state index in [1.54, 1.807) is 19.1 Å². The molecule has 1 aromatic heterocycles. The van der Waals surface area contributed by atoms with Crippen molar-refractivity contribution in [3.63, 3.8) is 0 Å². The number of amides is 1. The Morgan fingerprint density at radius 2 is 1.90 bits per heavy atom. The van der Waals surface area contributed by atoms with Crippen LogP contribution >= 0.6 is 11.6 Å². The maximum atomic E-state index is 13.4. The van der Waals surface area contributed by atoms with Gasteiger partial charge in [0.25, 0.3) is 5.91 Å². The van der Waals surface area contributed by atoms with Gasteiger partial charge in [-0.2, -0.15) is 18.3 Å². The first-order valence-electron chi connectivity index (χ1n) is 12.6. The summed E-state index contributed by atoms with van der Waals surface area (Å²) in [4.78, 5) is 13.0. The first-order valence-corrected chi connectivity index (χ1v) is 15.0. The van der Waals surface area contributed by atoms with Crippen LogP contribution in [0.2, 0.25) is 5.02 Å². The van der Waals surface area contributed by atoms with Gasteiger partial charge in [-0.3, -0.25) is 9.48 Å². The highest BCUT2D eigenvalue weighted by Crippen LogP contribution is 2.42. The van der Waals surface area contributed by atoms with Gasteiger partial charge in [0.15, 0.2) is 5.69 Å². The quantitative estimate of drug-likeness (QED) is 0.432. The molecule has 0 bridgehead atoms. The van der Waals surface area contributed by atoms with Crippen molar-refractivity contribution in [3.8, 4) is 17.0 Å². The Kier molecular flexibility index (Phi) is 9.03. The highest BCUT2D eigenvalue weighted by Gasteiger charge is 2.47. The molecule has 3 rings (SSSR count). The number of nitrogens with one attached hydrogen (secondary N) is 1. The molecule has 1 amide bonds. The van der Waals surface area contributed by atoms with Crippen LogP contribution in [0.15, 0.2) is 18.2 Å². The molecule has 2 aromatic rings. The third kappa shape index (κ3) is 6.89. The number of aromatic nitrogens is 2. The van der Waals surface area contributed by atoms with Crippen molar-refractivity contribution in [2.75, 3.05) is 19.9 Å². The van der Waals surface area contributed by atoms with Gasteiger partial charge < -0.3 is 15.2 Å². The molecule has 1 heterocycles. The van der Waals surface area contributed by atoms with E-state index in [0.717, 1.165) is 13.8 Å². The van der Waals surface area contributed by atoms with Gasteiger partial charge in [-0.25, -0.2) is 8.42 Å². The van der Waals surface area contributed by atoms with E-state index in [9.17, 15) is 31.5 Å². The molecule has 13 heteroatoms. The van der Waals surface area contributed by atoms with Gasteiger partial charge in [-0.15, -0.1) is 0 Å². The van der Waals surface area contributed by atoms with E-state index in [4.69, 9.17) is 16.3 Å². The first kappa shape index (κ1) is 31.2. The molecule has 0 radical (unpaired) electrons. The van der Waals surface area contributed by atoms with Crippen LogP contribution in [0, 0.1) is 5.41 Å². The molecule has 0 spiro atoms. The summed E-state index contributed by atoms with van der Waals surface area (Å²) >= 11 is 6.62. The Hall–Kier alpha value is -2.31. The van der Waals surface area contributed by atoms with E-state index < -0.39 is 38.2 Å². The molecule has 1 fully saturated rings. The SMILES string of the molecule is CCn1nc(C(=O)NC[C@]2(O)CC[C@@H](S(C)(=O)=O)CC2)c(Cl)c1-c1ccc(CC(C)(C)C(F)(F)F)cc1OC. The zero-order chi connectivity index (χ0) is 29.4. The molecule has 0 aliphatic heterocycles. The average Bonchev–Trinajstić information content (AvgIpc) is 3.17. The van der Waals surface area contributed by atoms with Gasteiger partial charge in [0.05, 0.1) is 34.1 Å². The molecule has 218 valence electrons. The third-order valence-corrected chi connectivity index (χ3v) is 9.43. The molecule has 0 saturated heterocycles. The maximum absolute atomic E-state index is 13.4. The second-order valence-electron chi connectivity index (χ2n) is 10.9. The lowest BCUT2D eigenvalue weighted by molar-refractivity contribution is -0.211. The Bertz CT molecular complexity index is 1320. The lowest BCUT2D eigenvalue weighted by atomic mass is 9.84. The lowest BCUT2D eigenvalue weighted by Gasteiger charge is -2.35. The number of carbonyl (C=O) groups is 1. The zero-order valence-corrected chi connectivity index (χ0v) is 24.2. The number of nitrogens with zero attached hydrogens (tertiary/aromatic N) is 2. The number of carbonyl (C=O) groups excluding carboxylic acids is 1. The summed E-state index contributed by atoms with van der Waals surface area (Å²) in [6.07, 6.45) is -2.41. The normalized spacial score (nSPS) is 20.6. The summed E-state index contributed by atoms with van der Waals surface area (Å²) in [5.74, 6) is -0.333. The second-order valence-corrected chi connectivity index (χ2v) is 13.6. The number of hydrogen-bond donors (Lipinski definition) is 2. The molecule has 39 heavy (non-hydrogen) atoms. The van der Waals surface area contributed by atoms with Gasteiger partial charge in [0.1, 0.15) is 15.6 Å². The number of alkyl halides is 3. The van der Waals surface area contributed by atoms with Crippen molar-refractivity contribution in [2.24, 2.45) is 5.41 Å². The van der Waals surface area contributed by atoms with E-state index in [0.29, 0.717) is 36.2 Å². The number of halogens is 4. The molecule has 1 aromatic carbocycles. The zero-order valence-electron chi connectivity index (χ0n) is 22.7. The van der Waals surface area contributed by atoms with Crippen molar-refractivity contribution in [1.29, 1.82) is 0 Å². The van der Waals surface area contributed by atoms with Crippen LogP contribution in [0.4, 0.5) is 13.2 Å². The fourth-order valence-electron chi connectivity index (χ4n) is 4.79. The lowest BCUT2D eigenvalue weighted by Crippen LogP contribution is -2.47. The molecule has 1 aliphatic carbocycles. The van der Waals surface area contributed by atoms with Crippen LogP contribution in [0.25, 0.3) is 11.3 Å². The number of aryl methyl sites for hydroxylation is 1. The number of benzene rings is 1. The Labute approximate surface area is 231 Å². The highest BCUT2D eigenvalue weighted by atomic mass is 35.5. The topological polar surface area (TPSA) is 111 Å². The van der Waals surface area contributed by atoms with Crippen molar-refractivity contribution in [2.45, 2.75) is 76.4 Å². The highest BCUT2D eigenvalue weighted by molar-refractivity contribution is 7.91. The summed E-state index contributed by atoms with van der Waals surface area (Å²) in [5.41, 5.74) is -2.01. The van der Waals surface area contributed by atoms with Gasteiger partial charge in [-0.05, 0) is 56.7 Å². The average molecular weight is 594 g/mol. The largest absolute Gasteiger partial charge is 0.496 e. The Balaban J connectivity index is 1.83. The van der Waals surface area contributed by atoms with Crippen LogP contribution < -0.4 is 10.1 Å². The minimum absolute atomic E-state index is 0.0313. The minimum atomic E-state index is -4.38. The molecule has 1 aliphatic rings. The minimum Gasteiger partial charge on any atom is -0.496 e. The summed E-state index contributed by atoms with van der Waals surface area (Å²) in [5, 5.41) is 17.4. The standard InChI is InChI=1S/C26H35ClF3N3O5S/c1-6-33-22(18-8-7-16(13-19(18)38-4)14-24(2,3)26(28,29)30)20(27)21(32-33)23(34)31-15-25(35)11-9-17(10-12-25)39(5,36)37/h7-8,13,17,35H,6,9-12,14-15H2,1-5H3,(H,31,34)/t17-,25+. The van der Waals surface area contributed by atoms with Crippen LogP contribution in [0.3, 0.4) is 0 Å². The second kappa shape index (κ2) is 11.3. The first-order chi connectivity index (χ1) is 17.9. The number of hydrogen-bond acceptors (Lipinski definition) is 6. The van der Waals surface area contributed by atoms with E-state index in [1.807, 2.05) is 0 Å². The summed E-state index contributed by atoms with van der Waals surface area (Å²) in [6.45, 7) is 4.31. The van der Waals surface area contributed by atoms with E-state index in [-0.39, 0.29) is 42.3 Å². The van der Waals surface area contributed by atoms with E-state index >= 15 is 0 Å². The molecular weight excluding hydrogens is 559 g/mol. The predicted octanol–water partition coefficient (Wildman–Crippen LogP) is 4.81. The van der Waals surface area contributed by atoms with Crippen molar-refractivity contribution >= 4 is 27.3 Å². The van der Waals surface area contributed by atoms with Crippen molar-refractivity contribution in [1.82, 2.24) is 15.1 Å². The number of methoxy groups -OCH3 is 1. The fraction of sp³-hybridized carbons (Fsp3) is 0.615. The molecule has 2 N–H and O–H groups in total. The summed E-state index contributed by atoms with van der Waals surface area (Å²) in [6, 6.07) is 4.69. The van der Waals surface area contributed by atoms with Crippen LogP contribution in [0.5, 0.6) is 5.75 Å². The molecular formula is C26H35ClF3N3O5S.